The van der Waals surface area contributed by atoms with Gasteiger partial charge in [0.1, 0.15) is 5.82 Å². The Labute approximate surface area is 114 Å². The Hall–Kier alpha value is -1.61. The van der Waals surface area contributed by atoms with Gasteiger partial charge in [-0.3, -0.25) is 0 Å². The Kier molecular flexibility index (Phi) is 3.38. The average molecular weight is 255 g/mol. The van der Waals surface area contributed by atoms with E-state index in [1.807, 2.05) is 0 Å². The lowest BCUT2D eigenvalue weighted by Crippen LogP contribution is -2.21. The molecule has 1 aromatic carbocycles. The molecular weight excluding hydrogens is 234 g/mol. The summed E-state index contributed by atoms with van der Waals surface area (Å²) in [5.41, 5.74) is 9.80. The molecule has 1 unspecified atom stereocenters. The third-order valence-electron chi connectivity index (χ3n) is 3.92. The largest absolute Gasteiger partial charge is 0.328 e. The predicted molar refractivity (Wildman–Crippen MR) is 79.0 cm³/mol. The molecular formula is C16H21N3. The molecule has 2 aromatic rings. The van der Waals surface area contributed by atoms with Crippen LogP contribution in [0.1, 0.15) is 32.0 Å². The van der Waals surface area contributed by atoms with Crippen molar-refractivity contribution in [3.8, 4) is 0 Å². The zero-order valence-corrected chi connectivity index (χ0v) is 11.5. The van der Waals surface area contributed by atoms with E-state index < -0.39 is 0 Å². The summed E-state index contributed by atoms with van der Waals surface area (Å²) in [6.07, 6.45) is 6.67. The van der Waals surface area contributed by atoms with E-state index in [1.54, 1.807) is 0 Å². The first kappa shape index (κ1) is 12.4. The summed E-state index contributed by atoms with van der Waals surface area (Å²) in [5.74, 6) is 1.17. The number of imidazole rings is 1. The zero-order chi connectivity index (χ0) is 13.2. The van der Waals surface area contributed by atoms with Crippen molar-refractivity contribution in [1.29, 1.82) is 0 Å². The SMILES string of the molecule is CCn1c(CC2=CC(N)CCC2)nc2ccccc21. The highest BCUT2D eigenvalue weighted by Crippen LogP contribution is 2.23. The molecule has 0 amide bonds. The molecule has 0 spiro atoms. The molecule has 3 rings (SSSR count). The fourth-order valence-corrected chi connectivity index (χ4v) is 3.00. The first-order valence-corrected chi connectivity index (χ1v) is 7.17. The van der Waals surface area contributed by atoms with Gasteiger partial charge < -0.3 is 10.3 Å². The van der Waals surface area contributed by atoms with Gasteiger partial charge in [-0.25, -0.2) is 4.98 Å². The molecule has 0 fully saturated rings. The van der Waals surface area contributed by atoms with Crippen LogP contribution >= 0.6 is 0 Å². The molecule has 2 N–H and O–H groups in total. The van der Waals surface area contributed by atoms with Crippen molar-refractivity contribution >= 4 is 11.0 Å². The molecule has 1 aromatic heterocycles. The average Bonchev–Trinajstić information content (AvgIpc) is 2.75. The summed E-state index contributed by atoms with van der Waals surface area (Å²) < 4.78 is 2.32. The number of rotatable bonds is 3. The van der Waals surface area contributed by atoms with Gasteiger partial charge in [-0.2, -0.15) is 0 Å². The van der Waals surface area contributed by atoms with Gasteiger partial charge in [-0.05, 0) is 38.3 Å². The fourth-order valence-electron chi connectivity index (χ4n) is 3.00. The molecule has 3 heteroatoms. The summed E-state index contributed by atoms with van der Waals surface area (Å²) in [4.78, 5) is 4.78. The maximum Gasteiger partial charge on any atom is 0.113 e. The lowest BCUT2D eigenvalue weighted by molar-refractivity contribution is 0.609. The number of aromatic nitrogens is 2. The maximum atomic E-state index is 6.02. The van der Waals surface area contributed by atoms with Crippen LogP contribution < -0.4 is 5.73 Å². The summed E-state index contributed by atoms with van der Waals surface area (Å²) in [6, 6.07) is 8.61. The smallest absolute Gasteiger partial charge is 0.113 e. The van der Waals surface area contributed by atoms with Gasteiger partial charge in [-0.1, -0.05) is 23.8 Å². The van der Waals surface area contributed by atoms with Crippen molar-refractivity contribution in [2.75, 3.05) is 0 Å². The highest BCUT2D eigenvalue weighted by molar-refractivity contribution is 5.75. The van der Waals surface area contributed by atoms with E-state index in [4.69, 9.17) is 10.7 Å². The third-order valence-corrected chi connectivity index (χ3v) is 3.92. The molecule has 0 saturated heterocycles. The number of allylic oxidation sites excluding steroid dienone is 1. The predicted octanol–water partition coefficient (Wildman–Crippen LogP) is 3.04. The van der Waals surface area contributed by atoms with Gasteiger partial charge in [0.2, 0.25) is 0 Å². The van der Waals surface area contributed by atoms with Crippen LogP contribution in [-0.4, -0.2) is 15.6 Å². The fraction of sp³-hybridized carbons (Fsp3) is 0.438. The van der Waals surface area contributed by atoms with Crippen LogP contribution in [0, 0.1) is 0 Å². The van der Waals surface area contributed by atoms with Gasteiger partial charge in [-0.15, -0.1) is 0 Å². The molecule has 1 heterocycles. The number of fused-ring (bicyclic) bond motifs is 1. The van der Waals surface area contributed by atoms with Crippen molar-refractivity contribution in [1.82, 2.24) is 9.55 Å². The van der Waals surface area contributed by atoms with Crippen molar-refractivity contribution in [3.05, 3.63) is 41.7 Å². The van der Waals surface area contributed by atoms with E-state index >= 15 is 0 Å². The molecule has 0 aliphatic heterocycles. The Morgan fingerprint density at radius 3 is 3.00 bits per heavy atom. The number of nitrogens with two attached hydrogens (primary N) is 1. The van der Waals surface area contributed by atoms with Crippen molar-refractivity contribution in [2.45, 2.75) is 45.2 Å². The highest BCUT2D eigenvalue weighted by Gasteiger charge is 2.14. The van der Waals surface area contributed by atoms with Gasteiger partial charge in [0.25, 0.3) is 0 Å². The van der Waals surface area contributed by atoms with Crippen LogP contribution in [0.3, 0.4) is 0 Å². The van der Waals surface area contributed by atoms with Crippen molar-refractivity contribution in [3.63, 3.8) is 0 Å². The van der Waals surface area contributed by atoms with E-state index in [0.29, 0.717) is 0 Å². The van der Waals surface area contributed by atoms with Gasteiger partial charge in [0, 0.05) is 19.0 Å². The second kappa shape index (κ2) is 5.17. The number of hydrogen-bond donors (Lipinski definition) is 1. The quantitative estimate of drug-likeness (QED) is 0.857. The number of para-hydroxylation sites is 2. The van der Waals surface area contributed by atoms with E-state index in [2.05, 4.69) is 41.8 Å². The molecule has 3 nitrogen and oxygen atoms in total. The van der Waals surface area contributed by atoms with Gasteiger partial charge in [0.15, 0.2) is 0 Å². The van der Waals surface area contributed by atoms with Crippen LogP contribution in [0.25, 0.3) is 11.0 Å². The number of aryl methyl sites for hydroxylation is 1. The van der Waals surface area contributed by atoms with Crippen LogP contribution in [-0.2, 0) is 13.0 Å². The summed E-state index contributed by atoms with van der Waals surface area (Å²) >= 11 is 0. The zero-order valence-electron chi connectivity index (χ0n) is 11.5. The molecule has 0 saturated carbocycles. The van der Waals surface area contributed by atoms with Crippen LogP contribution in [0.2, 0.25) is 0 Å². The van der Waals surface area contributed by atoms with E-state index in [9.17, 15) is 0 Å². The minimum atomic E-state index is 0.239. The number of nitrogens with zero attached hydrogens (tertiary/aromatic N) is 2. The Morgan fingerprint density at radius 2 is 2.21 bits per heavy atom. The van der Waals surface area contributed by atoms with E-state index in [0.717, 1.165) is 24.9 Å². The molecule has 1 aliphatic carbocycles. The minimum Gasteiger partial charge on any atom is -0.328 e. The molecule has 0 bridgehead atoms. The van der Waals surface area contributed by atoms with Crippen molar-refractivity contribution in [2.24, 2.45) is 5.73 Å². The van der Waals surface area contributed by atoms with Crippen LogP contribution in [0.5, 0.6) is 0 Å². The molecule has 1 aliphatic rings. The first-order valence-electron chi connectivity index (χ1n) is 7.17. The summed E-state index contributed by atoms with van der Waals surface area (Å²) in [7, 11) is 0. The lowest BCUT2D eigenvalue weighted by Gasteiger charge is -2.17. The molecule has 19 heavy (non-hydrogen) atoms. The summed E-state index contributed by atoms with van der Waals surface area (Å²) in [6.45, 7) is 3.15. The van der Waals surface area contributed by atoms with Gasteiger partial charge in [0.05, 0.1) is 11.0 Å². The second-order valence-electron chi connectivity index (χ2n) is 5.32. The van der Waals surface area contributed by atoms with Crippen LogP contribution in [0.4, 0.5) is 0 Å². The summed E-state index contributed by atoms with van der Waals surface area (Å²) in [5, 5.41) is 0. The normalized spacial score (nSPS) is 19.7. The van der Waals surface area contributed by atoms with Gasteiger partial charge >= 0.3 is 0 Å². The third kappa shape index (κ3) is 2.43. The number of hydrogen-bond acceptors (Lipinski definition) is 2. The molecule has 1 atom stereocenters. The topological polar surface area (TPSA) is 43.8 Å². The Morgan fingerprint density at radius 1 is 1.37 bits per heavy atom. The van der Waals surface area contributed by atoms with Crippen molar-refractivity contribution < 1.29 is 0 Å². The first-order chi connectivity index (χ1) is 9.28. The highest BCUT2D eigenvalue weighted by atomic mass is 15.1. The lowest BCUT2D eigenvalue weighted by atomic mass is 9.94. The maximum absolute atomic E-state index is 6.02. The van der Waals surface area contributed by atoms with E-state index in [1.165, 1.54) is 29.8 Å². The standard InChI is InChI=1S/C16H21N3/c1-2-19-15-9-4-3-8-14(15)18-16(19)11-12-6-5-7-13(17)10-12/h3-4,8-10,13H,2,5-7,11,17H2,1H3. The Balaban J connectivity index is 1.96. The van der Waals surface area contributed by atoms with E-state index in [-0.39, 0.29) is 6.04 Å². The second-order valence-corrected chi connectivity index (χ2v) is 5.32. The monoisotopic (exact) mass is 255 g/mol. The van der Waals surface area contributed by atoms with Crippen LogP contribution in [0.15, 0.2) is 35.9 Å². The molecule has 100 valence electrons. The molecule has 0 radical (unpaired) electrons. The number of benzene rings is 1. The minimum absolute atomic E-state index is 0.239. The Bertz CT molecular complexity index is 609.